The molecule has 1 aliphatic carbocycles. The largest absolute Gasteiger partial charge is 0.452 e. The molecule has 0 spiro atoms. The molecule has 2 amide bonds. The molecule has 4 rings (SSSR count). The lowest BCUT2D eigenvalue weighted by Crippen LogP contribution is -2.28. The highest BCUT2D eigenvalue weighted by atomic mass is 32.1. The number of carbonyl (C=O) groups is 3. The Morgan fingerprint density at radius 3 is 2.44 bits per heavy atom. The number of amides is 2. The van der Waals surface area contributed by atoms with E-state index in [1.165, 1.54) is 22.3 Å². The lowest BCUT2D eigenvalue weighted by molar-refractivity contribution is -0.119. The van der Waals surface area contributed by atoms with Gasteiger partial charge in [0.15, 0.2) is 6.61 Å². The van der Waals surface area contributed by atoms with Gasteiger partial charge < -0.3 is 15.0 Å². The third-order valence-electron chi connectivity index (χ3n) is 5.70. The molecule has 34 heavy (non-hydrogen) atoms. The number of benzene rings is 2. The van der Waals surface area contributed by atoms with Gasteiger partial charge in [0.2, 0.25) is 0 Å². The van der Waals surface area contributed by atoms with Crippen LogP contribution in [0.5, 0.6) is 0 Å². The second-order valence-electron chi connectivity index (χ2n) is 7.90. The second-order valence-corrected chi connectivity index (χ2v) is 9.00. The number of anilines is 2. The predicted molar refractivity (Wildman–Crippen MR) is 130 cm³/mol. The minimum atomic E-state index is -0.772. The van der Waals surface area contributed by atoms with E-state index in [1.54, 1.807) is 37.4 Å². The number of nitrogens with zero attached hydrogens (tertiary/aromatic N) is 2. The summed E-state index contributed by atoms with van der Waals surface area (Å²) in [6.07, 6.45) is 3.84. The third kappa shape index (κ3) is 4.85. The van der Waals surface area contributed by atoms with Crippen molar-refractivity contribution in [3.05, 3.63) is 81.7 Å². The van der Waals surface area contributed by atoms with Crippen molar-refractivity contribution in [3.8, 4) is 6.07 Å². The quantitative estimate of drug-likeness (QED) is 0.529. The summed E-state index contributed by atoms with van der Waals surface area (Å²) in [5.74, 6) is -1.67. The number of esters is 1. The molecule has 0 aliphatic heterocycles. The van der Waals surface area contributed by atoms with E-state index in [1.807, 2.05) is 18.2 Å². The van der Waals surface area contributed by atoms with Crippen LogP contribution < -0.4 is 10.2 Å². The summed E-state index contributed by atoms with van der Waals surface area (Å²) in [5.41, 5.74) is 2.45. The van der Waals surface area contributed by atoms with Crippen molar-refractivity contribution < 1.29 is 19.1 Å². The van der Waals surface area contributed by atoms with Crippen LogP contribution in [0.2, 0.25) is 0 Å². The van der Waals surface area contributed by atoms with Crippen LogP contribution in [0.25, 0.3) is 0 Å². The first kappa shape index (κ1) is 23.2. The molecule has 1 N–H and O–H groups in total. The summed E-state index contributed by atoms with van der Waals surface area (Å²) in [6, 6.07) is 17.6. The number of aryl methyl sites for hydroxylation is 1. The van der Waals surface area contributed by atoms with E-state index in [4.69, 9.17) is 4.74 Å². The first-order chi connectivity index (χ1) is 16.5. The first-order valence-corrected chi connectivity index (χ1v) is 11.7. The molecule has 0 saturated carbocycles. The van der Waals surface area contributed by atoms with Crippen molar-refractivity contribution in [2.24, 2.45) is 0 Å². The summed E-state index contributed by atoms with van der Waals surface area (Å²) in [5, 5.41) is 12.7. The number of para-hydroxylation sites is 1. The van der Waals surface area contributed by atoms with Crippen LogP contribution >= 0.6 is 11.3 Å². The molecule has 172 valence electrons. The van der Waals surface area contributed by atoms with E-state index >= 15 is 0 Å². The van der Waals surface area contributed by atoms with Gasteiger partial charge in [0.05, 0.1) is 16.7 Å². The van der Waals surface area contributed by atoms with Crippen LogP contribution in [0.3, 0.4) is 0 Å². The highest BCUT2D eigenvalue weighted by molar-refractivity contribution is 7.16. The molecular weight excluding hydrogens is 450 g/mol. The first-order valence-electron chi connectivity index (χ1n) is 10.9. The van der Waals surface area contributed by atoms with E-state index in [0.717, 1.165) is 36.1 Å². The van der Waals surface area contributed by atoms with E-state index in [-0.39, 0.29) is 17.0 Å². The Morgan fingerprint density at radius 2 is 1.71 bits per heavy atom. The summed E-state index contributed by atoms with van der Waals surface area (Å²) >= 11 is 1.41. The van der Waals surface area contributed by atoms with E-state index in [9.17, 15) is 19.6 Å². The average molecular weight is 474 g/mol. The second kappa shape index (κ2) is 10.3. The summed E-state index contributed by atoms with van der Waals surface area (Å²) in [7, 11) is 1.63. The van der Waals surface area contributed by atoms with Crippen molar-refractivity contribution in [3.63, 3.8) is 0 Å². The van der Waals surface area contributed by atoms with Crippen molar-refractivity contribution in [1.82, 2.24) is 0 Å². The zero-order valence-corrected chi connectivity index (χ0v) is 19.5. The Hall–Kier alpha value is -3.96. The average Bonchev–Trinajstić information content (AvgIpc) is 3.23. The van der Waals surface area contributed by atoms with Gasteiger partial charge in [0.25, 0.3) is 11.8 Å². The van der Waals surface area contributed by atoms with E-state index in [2.05, 4.69) is 11.4 Å². The summed E-state index contributed by atoms with van der Waals surface area (Å²) in [4.78, 5) is 40.8. The topological polar surface area (TPSA) is 99.5 Å². The Bertz CT molecular complexity index is 1280. The molecule has 1 aliphatic rings. The predicted octanol–water partition coefficient (Wildman–Crippen LogP) is 4.57. The fourth-order valence-electron chi connectivity index (χ4n) is 3.94. The molecule has 1 heterocycles. The van der Waals surface area contributed by atoms with Crippen LogP contribution in [0, 0.1) is 11.3 Å². The number of thiophene rings is 1. The number of fused-ring (bicyclic) bond motifs is 1. The van der Waals surface area contributed by atoms with Crippen LogP contribution in [-0.4, -0.2) is 31.4 Å². The highest BCUT2D eigenvalue weighted by Crippen LogP contribution is 2.37. The maximum absolute atomic E-state index is 13.0. The Labute approximate surface area is 201 Å². The van der Waals surface area contributed by atoms with Crippen molar-refractivity contribution in [2.45, 2.75) is 25.7 Å². The molecule has 0 bridgehead atoms. The van der Waals surface area contributed by atoms with Gasteiger partial charge in [0, 0.05) is 17.6 Å². The van der Waals surface area contributed by atoms with Gasteiger partial charge in [0.1, 0.15) is 11.1 Å². The zero-order chi connectivity index (χ0) is 24.1. The normalized spacial score (nSPS) is 12.2. The zero-order valence-electron chi connectivity index (χ0n) is 18.7. The van der Waals surface area contributed by atoms with Gasteiger partial charge in [-0.2, -0.15) is 5.26 Å². The van der Waals surface area contributed by atoms with Crippen LogP contribution in [0.15, 0.2) is 54.6 Å². The van der Waals surface area contributed by atoms with Crippen molar-refractivity contribution in [2.75, 3.05) is 23.9 Å². The molecule has 3 aromatic rings. The molecule has 8 heteroatoms. The van der Waals surface area contributed by atoms with Gasteiger partial charge >= 0.3 is 5.97 Å². The fourth-order valence-corrected chi connectivity index (χ4v) is 5.20. The number of hydrogen-bond donors (Lipinski definition) is 1. The maximum atomic E-state index is 13.0. The Balaban J connectivity index is 1.43. The Morgan fingerprint density at radius 1 is 1.03 bits per heavy atom. The van der Waals surface area contributed by atoms with Gasteiger partial charge in [-0.05, 0) is 55.5 Å². The number of nitriles is 1. The van der Waals surface area contributed by atoms with Crippen molar-refractivity contribution in [1.29, 1.82) is 5.26 Å². The molecule has 0 fully saturated rings. The maximum Gasteiger partial charge on any atom is 0.339 e. The number of nitrogens with one attached hydrogen (secondary N) is 1. The summed E-state index contributed by atoms with van der Waals surface area (Å²) < 4.78 is 5.21. The van der Waals surface area contributed by atoms with E-state index in [0.29, 0.717) is 16.3 Å². The van der Waals surface area contributed by atoms with Crippen molar-refractivity contribution >= 4 is 39.8 Å². The molecule has 1 aromatic heterocycles. The standard InChI is InChI=1S/C26H23N3O4S/c1-29(17-9-3-2-4-10-17)25(31)19-12-5-6-13-20(19)26(32)33-16-23(30)28-24-21(15-27)18-11-7-8-14-22(18)34-24/h2-6,9-10,12-13H,7-8,11,14,16H2,1H3,(H,28,30). The number of ether oxygens (including phenoxy) is 1. The van der Waals surface area contributed by atoms with Crippen LogP contribution in [0.1, 0.15) is 49.6 Å². The monoisotopic (exact) mass is 473 g/mol. The molecule has 7 nitrogen and oxygen atoms in total. The van der Waals surface area contributed by atoms with Gasteiger partial charge in [-0.25, -0.2) is 4.79 Å². The lowest BCUT2D eigenvalue weighted by Gasteiger charge is -2.18. The molecular formula is C26H23N3O4S. The molecule has 0 unspecified atom stereocenters. The minimum absolute atomic E-state index is 0.0763. The SMILES string of the molecule is CN(C(=O)c1ccccc1C(=O)OCC(=O)Nc1sc2c(c1C#N)CCCC2)c1ccccc1. The minimum Gasteiger partial charge on any atom is -0.452 e. The van der Waals surface area contributed by atoms with Gasteiger partial charge in [-0.15, -0.1) is 11.3 Å². The summed E-state index contributed by atoms with van der Waals surface area (Å²) in [6.45, 7) is -0.524. The molecule has 0 saturated heterocycles. The van der Waals surface area contributed by atoms with E-state index < -0.39 is 18.5 Å². The highest BCUT2D eigenvalue weighted by Gasteiger charge is 2.24. The molecule has 0 atom stereocenters. The number of rotatable bonds is 6. The third-order valence-corrected chi connectivity index (χ3v) is 6.90. The molecule has 0 radical (unpaired) electrons. The lowest BCUT2D eigenvalue weighted by atomic mass is 9.96. The smallest absolute Gasteiger partial charge is 0.339 e. The molecule has 2 aromatic carbocycles. The Kier molecular flexibility index (Phi) is 7.04. The fraction of sp³-hybridized carbons (Fsp3) is 0.231. The van der Waals surface area contributed by atoms with Gasteiger partial charge in [-0.3, -0.25) is 9.59 Å². The van der Waals surface area contributed by atoms with Crippen LogP contribution in [0.4, 0.5) is 10.7 Å². The number of carbonyl (C=O) groups excluding carboxylic acids is 3. The van der Waals surface area contributed by atoms with Crippen LogP contribution in [-0.2, 0) is 22.4 Å². The number of hydrogen-bond acceptors (Lipinski definition) is 6. The van der Waals surface area contributed by atoms with Gasteiger partial charge in [-0.1, -0.05) is 30.3 Å².